The van der Waals surface area contributed by atoms with E-state index in [1.54, 1.807) is 16.4 Å². The van der Waals surface area contributed by atoms with E-state index in [0.717, 1.165) is 30.2 Å². The molecule has 2 fully saturated rings. The quantitative estimate of drug-likeness (QED) is 0.295. The number of ether oxygens (including phenoxy) is 1. The van der Waals surface area contributed by atoms with E-state index < -0.39 is 29.0 Å². The first-order chi connectivity index (χ1) is 24.7. The summed E-state index contributed by atoms with van der Waals surface area (Å²) in [5.74, 6) is -1.01. The average Bonchev–Trinajstić information content (AvgIpc) is 3.68. The third-order valence-corrected chi connectivity index (χ3v) is 11.8. The standard InChI is InChI=1S/C35H34ClF3N8O5/c1-16-18(3)45(32(51)27-29(49)17(2)40-15-41-27)9-8-34(16)22-13-21(22)28-26(34)31(50)47-33(43-30(44-47)19-6-10-52-11-7-19)46(28)14-25(48)42-24-5-4-20(12-23(24)36)35(37,38)39/h4-6,12,15-16,18,21-22,49H,7-11,13-14H2,1-3H3,(H,42,48)/t16-,18+,21?,22?,34+/m0/s1. The van der Waals surface area contributed by atoms with E-state index in [9.17, 15) is 32.7 Å². The van der Waals surface area contributed by atoms with Crippen molar-refractivity contribution >= 4 is 40.5 Å². The summed E-state index contributed by atoms with van der Waals surface area (Å²) in [6, 6.07) is 2.34. The van der Waals surface area contributed by atoms with Crippen molar-refractivity contribution in [1.29, 1.82) is 0 Å². The molecule has 52 heavy (non-hydrogen) atoms. The van der Waals surface area contributed by atoms with E-state index in [1.165, 1.54) is 10.8 Å². The van der Waals surface area contributed by atoms with E-state index in [2.05, 4.69) is 20.4 Å². The van der Waals surface area contributed by atoms with Crippen LogP contribution in [0.25, 0.3) is 11.4 Å². The Hall–Kier alpha value is -4.83. The van der Waals surface area contributed by atoms with Gasteiger partial charge < -0.3 is 24.6 Å². The van der Waals surface area contributed by atoms with Crippen LogP contribution < -0.4 is 10.9 Å². The second-order valence-electron chi connectivity index (χ2n) is 14.0. The minimum absolute atomic E-state index is 0.00747. The molecule has 1 spiro atoms. The molecule has 2 aliphatic heterocycles. The van der Waals surface area contributed by atoms with Gasteiger partial charge in [0.15, 0.2) is 17.3 Å². The molecule has 0 bridgehead atoms. The number of anilines is 1. The van der Waals surface area contributed by atoms with Gasteiger partial charge in [-0.05, 0) is 68.7 Å². The molecule has 13 nitrogen and oxygen atoms in total. The molecule has 1 saturated carbocycles. The lowest BCUT2D eigenvalue weighted by atomic mass is 9.62. The number of carbonyl (C=O) groups is 2. The molecule has 8 rings (SSSR count). The highest BCUT2D eigenvalue weighted by molar-refractivity contribution is 6.33. The predicted molar refractivity (Wildman–Crippen MR) is 181 cm³/mol. The van der Waals surface area contributed by atoms with Crippen LogP contribution >= 0.6 is 11.6 Å². The zero-order valence-electron chi connectivity index (χ0n) is 28.4. The van der Waals surface area contributed by atoms with Crippen LogP contribution in [0.3, 0.4) is 0 Å². The van der Waals surface area contributed by atoms with Gasteiger partial charge in [-0.1, -0.05) is 24.6 Å². The lowest BCUT2D eigenvalue weighted by Crippen LogP contribution is -2.57. The van der Waals surface area contributed by atoms with Gasteiger partial charge in [-0.25, -0.2) is 9.97 Å². The van der Waals surface area contributed by atoms with Crippen molar-refractivity contribution < 1.29 is 32.6 Å². The van der Waals surface area contributed by atoms with Gasteiger partial charge in [0, 0.05) is 35.2 Å². The van der Waals surface area contributed by atoms with E-state index in [1.807, 2.05) is 19.9 Å². The molecule has 17 heteroatoms. The molecule has 2 N–H and O–H groups in total. The highest BCUT2D eigenvalue weighted by atomic mass is 35.5. The smallest absolute Gasteiger partial charge is 0.416 e. The Morgan fingerprint density at radius 3 is 2.71 bits per heavy atom. The van der Waals surface area contributed by atoms with Gasteiger partial charge in [0.25, 0.3) is 11.5 Å². The van der Waals surface area contributed by atoms with Crippen LogP contribution in [-0.2, 0) is 27.7 Å². The monoisotopic (exact) mass is 738 g/mol. The Balaban J connectivity index is 1.20. The Morgan fingerprint density at radius 1 is 1.21 bits per heavy atom. The van der Waals surface area contributed by atoms with Crippen LogP contribution in [0, 0.1) is 18.8 Å². The average molecular weight is 739 g/mol. The number of rotatable bonds is 5. The molecule has 2 aliphatic carbocycles. The van der Waals surface area contributed by atoms with Gasteiger partial charge in [0.05, 0.1) is 35.2 Å². The normalized spacial score (nSPS) is 25.2. The number of fused-ring (bicyclic) bond motifs is 6. The van der Waals surface area contributed by atoms with Gasteiger partial charge in [-0.15, -0.1) is 5.10 Å². The zero-order chi connectivity index (χ0) is 36.9. The van der Waals surface area contributed by atoms with Gasteiger partial charge >= 0.3 is 6.18 Å². The molecule has 272 valence electrons. The second kappa shape index (κ2) is 12.1. The van der Waals surface area contributed by atoms with Crippen LogP contribution in [-0.4, -0.2) is 76.8 Å². The van der Waals surface area contributed by atoms with Crippen molar-refractivity contribution in [2.75, 3.05) is 25.1 Å². The number of halogens is 4. The van der Waals surface area contributed by atoms with Gasteiger partial charge in [-0.2, -0.15) is 22.7 Å². The minimum Gasteiger partial charge on any atom is -0.504 e. The van der Waals surface area contributed by atoms with Crippen LogP contribution in [0.5, 0.6) is 5.75 Å². The fourth-order valence-corrected chi connectivity index (χ4v) is 8.88. The van der Waals surface area contributed by atoms with Crippen molar-refractivity contribution in [3.63, 3.8) is 0 Å². The van der Waals surface area contributed by atoms with Crippen LogP contribution in [0.15, 0.2) is 35.4 Å². The number of nitrogens with one attached hydrogen (secondary N) is 1. The summed E-state index contributed by atoms with van der Waals surface area (Å²) in [6.07, 6.45) is 0.224. The van der Waals surface area contributed by atoms with E-state index >= 15 is 0 Å². The predicted octanol–water partition coefficient (Wildman–Crippen LogP) is 4.74. The lowest BCUT2D eigenvalue weighted by Gasteiger charge is -2.50. The Morgan fingerprint density at radius 2 is 2.00 bits per heavy atom. The van der Waals surface area contributed by atoms with Crippen molar-refractivity contribution in [2.45, 2.75) is 70.1 Å². The Bertz CT molecular complexity index is 2270. The first kappa shape index (κ1) is 34.3. The number of aryl methyl sites for hydroxylation is 1. The fraction of sp³-hybridized carbons (Fsp3) is 0.457. The number of carbonyl (C=O) groups excluding carboxylic acids is 2. The SMILES string of the molecule is Cc1ncnc(C(=O)N2CC[C@@]3(c4c(n(CC(=O)Nc5ccc(C(F)(F)F)cc5Cl)c5nc(C6=CCOCC6)nn5c4=O)C4CC43)[C@@H](C)[C@H]2C)c1O. The summed E-state index contributed by atoms with van der Waals surface area (Å²) < 4.78 is 48.2. The van der Waals surface area contributed by atoms with Crippen molar-refractivity contribution in [2.24, 2.45) is 11.8 Å². The number of likely N-dealkylation sites (tertiary alicyclic amines) is 1. The van der Waals surface area contributed by atoms with E-state index in [0.29, 0.717) is 43.1 Å². The summed E-state index contributed by atoms with van der Waals surface area (Å²) in [5, 5.41) is 17.6. The van der Waals surface area contributed by atoms with E-state index in [4.69, 9.17) is 21.3 Å². The largest absolute Gasteiger partial charge is 0.504 e. The molecule has 2 amide bonds. The molecule has 0 radical (unpaired) electrons. The minimum atomic E-state index is -4.61. The highest BCUT2D eigenvalue weighted by Gasteiger charge is 2.67. The second-order valence-corrected chi connectivity index (χ2v) is 14.4. The maximum absolute atomic E-state index is 14.7. The summed E-state index contributed by atoms with van der Waals surface area (Å²) >= 11 is 6.17. The molecule has 5 heterocycles. The van der Waals surface area contributed by atoms with Crippen molar-refractivity contribution in [3.8, 4) is 5.75 Å². The van der Waals surface area contributed by atoms with Gasteiger partial charge in [0.1, 0.15) is 12.9 Å². The third kappa shape index (κ3) is 5.20. The number of aromatic nitrogens is 6. The molecule has 3 aromatic heterocycles. The summed E-state index contributed by atoms with van der Waals surface area (Å²) in [7, 11) is 0. The van der Waals surface area contributed by atoms with E-state index in [-0.39, 0.29) is 76.1 Å². The lowest BCUT2D eigenvalue weighted by molar-refractivity contribution is -0.137. The maximum Gasteiger partial charge on any atom is 0.416 e. The topological polar surface area (TPSA) is 157 Å². The summed E-state index contributed by atoms with van der Waals surface area (Å²) in [4.78, 5) is 56.6. The van der Waals surface area contributed by atoms with Crippen LogP contribution in [0.4, 0.5) is 18.9 Å². The number of aromatic hydroxyl groups is 1. The van der Waals surface area contributed by atoms with Crippen molar-refractivity contribution in [3.05, 3.63) is 80.0 Å². The number of alkyl halides is 3. The molecule has 2 unspecified atom stereocenters. The molecule has 1 aromatic carbocycles. The number of nitrogens with zero attached hydrogens (tertiary/aromatic N) is 7. The highest BCUT2D eigenvalue weighted by Crippen LogP contribution is 2.69. The molecular weight excluding hydrogens is 705 g/mol. The Kier molecular flexibility index (Phi) is 7.99. The first-order valence-electron chi connectivity index (χ1n) is 17.0. The number of hydrogen-bond acceptors (Lipinski definition) is 9. The summed E-state index contributed by atoms with van der Waals surface area (Å²) in [5.41, 5.74) is 0.282. The number of amides is 2. The maximum atomic E-state index is 14.7. The van der Waals surface area contributed by atoms with Gasteiger partial charge in [0.2, 0.25) is 11.7 Å². The summed E-state index contributed by atoms with van der Waals surface area (Å²) in [6.45, 7) is 6.33. The molecular formula is C35H34ClF3N8O5. The van der Waals surface area contributed by atoms with Crippen molar-refractivity contribution in [1.82, 2.24) is 34.0 Å². The molecule has 1 saturated heterocycles. The third-order valence-electron chi connectivity index (χ3n) is 11.4. The van der Waals surface area contributed by atoms with Crippen LogP contribution in [0.2, 0.25) is 5.02 Å². The first-order valence-corrected chi connectivity index (χ1v) is 17.4. The molecule has 4 aromatic rings. The fourth-order valence-electron chi connectivity index (χ4n) is 8.65. The Labute approximate surface area is 299 Å². The number of piperidine rings is 1. The number of hydrogen-bond donors (Lipinski definition) is 2. The number of benzene rings is 1. The van der Waals surface area contributed by atoms with Crippen LogP contribution in [0.1, 0.15) is 77.9 Å². The van der Waals surface area contributed by atoms with Gasteiger partial charge in [-0.3, -0.25) is 14.4 Å². The molecule has 5 atom stereocenters. The molecule has 4 aliphatic rings. The zero-order valence-corrected chi connectivity index (χ0v) is 29.1.